The van der Waals surface area contributed by atoms with Crippen LogP contribution in [-0.4, -0.2) is 5.11 Å². The standard InChI is InChI=1S/C9H14O2/c1-7(2)9(3,10)8-5-4-6-11-8/h4-7,10H,1-3H3. The van der Waals surface area contributed by atoms with E-state index in [-0.39, 0.29) is 5.92 Å². The fourth-order valence-corrected chi connectivity index (χ4v) is 0.851. The van der Waals surface area contributed by atoms with Crippen LogP contribution in [0.4, 0.5) is 0 Å². The molecule has 0 saturated carbocycles. The lowest BCUT2D eigenvalue weighted by atomic mass is 9.90. The van der Waals surface area contributed by atoms with Crippen molar-refractivity contribution in [1.29, 1.82) is 0 Å². The van der Waals surface area contributed by atoms with E-state index in [0.717, 1.165) is 0 Å². The molecular formula is C9H14O2. The van der Waals surface area contributed by atoms with Crippen LogP contribution in [0.2, 0.25) is 0 Å². The highest BCUT2D eigenvalue weighted by Crippen LogP contribution is 2.28. The van der Waals surface area contributed by atoms with Gasteiger partial charge in [-0.25, -0.2) is 0 Å². The van der Waals surface area contributed by atoms with E-state index in [2.05, 4.69) is 0 Å². The van der Waals surface area contributed by atoms with Gasteiger partial charge in [0.15, 0.2) is 0 Å². The Morgan fingerprint density at radius 2 is 2.18 bits per heavy atom. The molecule has 1 rings (SSSR count). The van der Waals surface area contributed by atoms with Crippen LogP contribution in [0.25, 0.3) is 0 Å². The summed E-state index contributed by atoms with van der Waals surface area (Å²) in [6.07, 6.45) is 1.58. The van der Waals surface area contributed by atoms with Gasteiger partial charge in [-0.05, 0) is 25.0 Å². The summed E-state index contributed by atoms with van der Waals surface area (Å²) in [6, 6.07) is 3.58. The second kappa shape index (κ2) is 2.70. The Labute approximate surface area is 66.8 Å². The molecule has 0 bridgehead atoms. The van der Waals surface area contributed by atoms with Gasteiger partial charge in [0.05, 0.1) is 6.26 Å². The third kappa shape index (κ3) is 1.46. The fourth-order valence-electron chi connectivity index (χ4n) is 0.851. The van der Waals surface area contributed by atoms with Crippen LogP contribution in [0.5, 0.6) is 0 Å². The van der Waals surface area contributed by atoms with E-state index in [1.807, 2.05) is 13.8 Å². The van der Waals surface area contributed by atoms with Crippen molar-refractivity contribution in [3.8, 4) is 0 Å². The lowest BCUT2D eigenvalue weighted by molar-refractivity contribution is -0.0111. The van der Waals surface area contributed by atoms with Crippen molar-refractivity contribution in [2.75, 3.05) is 0 Å². The van der Waals surface area contributed by atoms with Crippen molar-refractivity contribution in [1.82, 2.24) is 0 Å². The van der Waals surface area contributed by atoms with Crippen molar-refractivity contribution < 1.29 is 9.52 Å². The summed E-state index contributed by atoms with van der Waals surface area (Å²) in [6.45, 7) is 5.68. The van der Waals surface area contributed by atoms with Gasteiger partial charge in [0.25, 0.3) is 0 Å². The summed E-state index contributed by atoms with van der Waals surface area (Å²) in [5, 5.41) is 9.86. The van der Waals surface area contributed by atoms with Gasteiger partial charge in [0.1, 0.15) is 11.4 Å². The number of hydrogen-bond acceptors (Lipinski definition) is 2. The normalized spacial score (nSPS) is 16.8. The quantitative estimate of drug-likeness (QED) is 0.708. The molecule has 1 atom stereocenters. The molecule has 0 radical (unpaired) electrons. The highest BCUT2D eigenvalue weighted by Gasteiger charge is 2.29. The molecule has 0 aliphatic rings. The fraction of sp³-hybridized carbons (Fsp3) is 0.556. The third-order valence-electron chi connectivity index (χ3n) is 2.14. The Balaban J connectivity index is 2.90. The summed E-state index contributed by atoms with van der Waals surface area (Å²) in [5.74, 6) is 0.793. The molecule has 0 aromatic carbocycles. The molecule has 1 aromatic heterocycles. The van der Waals surface area contributed by atoms with E-state index in [1.54, 1.807) is 25.3 Å². The smallest absolute Gasteiger partial charge is 0.135 e. The largest absolute Gasteiger partial charge is 0.466 e. The summed E-state index contributed by atoms with van der Waals surface area (Å²) in [5.41, 5.74) is -0.844. The first-order valence-electron chi connectivity index (χ1n) is 3.81. The highest BCUT2D eigenvalue weighted by molar-refractivity contribution is 5.08. The minimum absolute atomic E-state index is 0.161. The van der Waals surface area contributed by atoms with Gasteiger partial charge in [-0.1, -0.05) is 13.8 Å². The molecule has 62 valence electrons. The maximum absolute atomic E-state index is 9.86. The Kier molecular flexibility index (Phi) is 2.05. The summed E-state index contributed by atoms with van der Waals surface area (Å²) in [4.78, 5) is 0. The lowest BCUT2D eigenvalue weighted by Crippen LogP contribution is -2.27. The molecule has 0 aliphatic carbocycles. The van der Waals surface area contributed by atoms with Gasteiger partial charge in [-0.2, -0.15) is 0 Å². The van der Waals surface area contributed by atoms with Crippen LogP contribution in [0, 0.1) is 5.92 Å². The number of aliphatic hydroxyl groups is 1. The molecule has 0 aliphatic heterocycles. The molecule has 1 heterocycles. The first-order chi connectivity index (χ1) is 5.05. The van der Waals surface area contributed by atoms with Crippen molar-refractivity contribution in [2.24, 2.45) is 5.92 Å². The zero-order valence-corrected chi connectivity index (χ0v) is 7.16. The molecule has 1 unspecified atom stereocenters. The van der Waals surface area contributed by atoms with Gasteiger partial charge in [0.2, 0.25) is 0 Å². The van der Waals surface area contributed by atoms with Crippen molar-refractivity contribution >= 4 is 0 Å². The Morgan fingerprint density at radius 1 is 1.55 bits per heavy atom. The van der Waals surface area contributed by atoms with E-state index in [9.17, 15) is 5.11 Å². The van der Waals surface area contributed by atoms with Crippen LogP contribution in [-0.2, 0) is 5.60 Å². The van der Waals surface area contributed by atoms with Crippen LogP contribution >= 0.6 is 0 Å². The number of hydrogen-bond donors (Lipinski definition) is 1. The summed E-state index contributed by atoms with van der Waals surface area (Å²) >= 11 is 0. The minimum Gasteiger partial charge on any atom is -0.466 e. The van der Waals surface area contributed by atoms with Crippen LogP contribution in [0.15, 0.2) is 22.8 Å². The van der Waals surface area contributed by atoms with Gasteiger partial charge in [-0.3, -0.25) is 0 Å². The van der Waals surface area contributed by atoms with E-state index in [0.29, 0.717) is 5.76 Å². The average Bonchev–Trinajstić information content (AvgIpc) is 2.37. The van der Waals surface area contributed by atoms with Gasteiger partial charge in [-0.15, -0.1) is 0 Å². The maximum atomic E-state index is 9.86. The predicted molar refractivity (Wildman–Crippen MR) is 43.1 cm³/mol. The molecule has 2 nitrogen and oxygen atoms in total. The molecular weight excluding hydrogens is 140 g/mol. The second-order valence-corrected chi connectivity index (χ2v) is 3.28. The summed E-state index contributed by atoms with van der Waals surface area (Å²) < 4.78 is 5.11. The molecule has 0 saturated heterocycles. The van der Waals surface area contributed by atoms with E-state index < -0.39 is 5.60 Å². The third-order valence-corrected chi connectivity index (χ3v) is 2.14. The SMILES string of the molecule is CC(C)C(C)(O)c1ccco1. The van der Waals surface area contributed by atoms with E-state index in [4.69, 9.17) is 4.42 Å². The van der Waals surface area contributed by atoms with Crippen molar-refractivity contribution in [3.05, 3.63) is 24.2 Å². The topological polar surface area (TPSA) is 33.4 Å². The first-order valence-corrected chi connectivity index (χ1v) is 3.81. The Bertz CT molecular complexity index is 209. The minimum atomic E-state index is -0.844. The van der Waals surface area contributed by atoms with Gasteiger partial charge >= 0.3 is 0 Å². The average molecular weight is 154 g/mol. The van der Waals surface area contributed by atoms with E-state index >= 15 is 0 Å². The van der Waals surface area contributed by atoms with E-state index in [1.165, 1.54) is 0 Å². The lowest BCUT2D eigenvalue weighted by Gasteiger charge is -2.24. The highest BCUT2D eigenvalue weighted by atomic mass is 16.4. The number of rotatable bonds is 2. The monoisotopic (exact) mass is 154 g/mol. The molecule has 0 fully saturated rings. The Hall–Kier alpha value is -0.760. The molecule has 0 spiro atoms. The predicted octanol–water partition coefficient (Wildman–Crippen LogP) is 2.14. The molecule has 2 heteroatoms. The van der Waals surface area contributed by atoms with Crippen molar-refractivity contribution in [3.63, 3.8) is 0 Å². The zero-order chi connectivity index (χ0) is 8.48. The van der Waals surface area contributed by atoms with Crippen LogP contribution in [0.3, 0.4) is 0 Å². The maximum Gasteiger partial charge on any atom is 0.135 e. The molecule has 0 amide bonds. The zero-order valence-electron chi connectivity index (χ0n) is 7.16. The first kappa shape index (κ1) is 8.34. The summed E-state index contributed by atoms with van der Waals surface area (Å²) in [7, 11) is 0. The Morgan fingerprint density at radius 3 is 2.55 bits per heavy atom. The molecule has 1 N–H and O–H groups in total. The number of furan rings is 1. The van der Waals surface area contributed by atoms with Gasteiger partial charge < -0.3 is 9.52 Å². The molecule has 1 aromatic rings. The van der Waals surface area contributed by atoms with Crippen LogP contribution < -0.4 is 0 Å². The molecule has 11 heavy (non-hydrogen) atoms. The van der Waals surface area contributed by atoms with Crippen LogP contribution in [0.1, 0.15) is 26.5 Å². The van der Waals surface area contributed by atoms with Crippen molar-refractivity contribution in [2.45, 2.75) is 26.4 Å². The van der Waals surface area contributed by atoms with Gasteiger partial charge in [0, 0.05) is 0 Å². The second-order valence-electron chi connectivity index (χ2n) is 3.28.